The molecule has 8 nitrogen and oxygen atoms in total. The number of likely N-dealkylation sites (tertiary alicyclic amines) is 1. The Bertz CT molecular complexity index is 1090. The highest BCUT2D eigenvalue weighted by atomic mass is 19.4. The highest BCUT2D eigenvalue weighted by Crippen LogP contribution is 2.30. The van der Waals surface area contributed by atoms with Crippen molar-refractivity contribution in [3.05, 3.63) is 41.1 Å². The smallest absolute Gasteiger partial charge is 0.491 e. The predicted octanol–water partition coefficient (Wildman–Crippen LogP) is 2.80. The van der Waals surface area contributed by atoms with Gasteiger partial charge >= 0.3 is 6.36 Å². The molecule has 3 aliphatic rings. The molecular weight excluding hydrogens is 491 g/mol. The van der Waals surface area contributed by atoms with Gasteiger partial charge in [-0.25, -0.2) is 13.5 Å². The average molecular weight is 516 g/mol. The molecule has 1 N–H and O–H groups in total. The van der Waals surface area contributed by atoms with Crippen LogP contribution in [0.25, 0.3) is 0 Å². The molecule has 13 heteroatoms. The van der Waals surface area contributed by atoms with Crippen molar-refractivity contribution in [3.8, 4) is 11.6 Å². The number of benzene rings is 1. The first-order chi connectivity index (χ1) is 17.0. The van der Waals surface area contributed by atoms with Gasteiger partial charge in [0, 0.05) is 12.6 Å². The number of carbonyl (C=O) groups is 1. The maximum Gasteiger partial charge on any atom is 0.522 e. The van der Waals surface area contributed by atoms with E-state index in [9.17, 15) is 26.7 Å². The number of ether oxygens (including phenoxy) is 3. The Morgan fingerprint density at radius 2 is 2.06 bits per heavy atom. The minimum Gasteiger partial charge on any atom is -0.491 e. The molecule has 1 saturated heterocycles. The molecule has 0 unspecified atom stereocenters. The Morgan fingerprint density at radius 3 is 2.78 bits per heavy atom. The zero-order valence-corrected chi connectivity index (χ0v) is 19.2. The van der Waals surface area contributed by atoms with Gasteiger partial charge in [-0.05, 0) is 36.5 Å². The lowest BCUT2D eigenvalue weighted by molar-refractivity contribution is -0.324. The molecule has 0 radical (unpaired) electrons. The number of carbonyl (C=O) groups excluding carboxylic acids is 1. The highest BCUT2D eigenvalue weighted by molar-refractivity contribution is 5.92. The van der Waals surface area contributed by atoms with Gasteiger partial charge in [-0.15, -0.1) is 13.2 Å². The summed E-state index contributed by atoms with van der Waals surface area (Å²) < 4.78 is 79.4. The molecule has 196 valence electrons. The summed E-state index contributed by atoms with van der Waals surface area (Å²) in [4.78, 5) is 14.4. The Morgan fingerprint density at radius 1 is 1.25 bits per heavy atom. The second-order valence-corrected chi connectivity index (χ2v) is 9.32. The van der Waals surface area contributed by atoms with Crippen LogP contribution in [0.2, 0.25) is 0 Å². The zero-order chi connectivity index (χ0) is 25.5. The van der Waals surface area contributed by atoms with E-state index in [0.717, 1.165) is 5.56 Å². The lowest BCUT2D eigenvalue weighted by atomic mass is 9.99. The molecule has 5 rings (SSSR count). The normalized spacial score (nSPS) is 22.7. The highest BCUT2D eigenvalue weighted by Gasteiger charge is 2.43. The fourth-order valence-corrected chi connectivity index (χ4v) is 4.62. The van der Waals surface area contributed by atoms with Crippen molar-refractivity contribution in [1.82, 2.24) is 20.0 Å². The third-order valence-electron chi connectivity index (χ3n) is 6.34. The number of hydrogen-bond acceptors (Lipinski definition) is 6. The summed E-state index contributed by atoms with van der Waals surface area (Å²) in [5.41, 5.74) is 1.65. The molecular formula is C23H25F5N4O4. The van der Waals surface area contributed by atoms with Gasteiger partial charge in [-0.3, -0.25) is 14.4 Å². The lowest BCUT2D eigenvalue weighted by Gasteiger charge is -2.38. The molecule has 0 bridgehead atoms. The summed E-state index contributed by atoms with van der Waals surface area (Å²) in [6.45, 7) is 0.268. The molecule has 2 aromatic rings. The van der Waals surface area contributed by atoms with Gasteiger partial charge in [0.15, 0.2) is 5.69 Å². The number of nitrogens with zero attached hydrogens (tertiary/aromatic N) is 3. The molecule has 2 atom stereocenters. The standard InChI is InChI=1S/C23H25F5N4O4/c24-22(25)12-31(13-22)5-3-17-10-32-20(36-17)9-18(30-32)21(33)29-16-8-15-7-14(1-2-19(15)34-11-16)4-6-35-23(26,27)28/h1-2,7,9,16-17H,3-6,8,10-13H2,(H,29,33)/t16-,17-/m1/s1. The van der Waals surface area contributed by atoms with Crippen LogP contribution in [0.1, 0.15) is 28.0 Å². The largest absolute Gasteiger partial charge is 0.522 e. The number of halogens is 5. The Balaban J connectivity index is 1.10. The van der Waals surface area contributed by atoms with Crippen LogP contribution in [0.4, 0.5) is 22.0 Å². The van der Waals surface area contributed by atoms with Crippen LogP contribution in [-0.2, 0) is 24.1 Å². The third kappa shape index (κ3) is 5.89. The summed E-state index contributed by atoms with van der Waals surface area (Å²) >= 11 is 0. The predicted molar refractivity (Wildman–Crippen MR) is 115 cm³/mol. The van der Waals surface area contributed by atoms with E-state index >= 15 is 0 Å². The topological polar surface area (TPSA) is 77.8 Å². The minimum atomic E-state index is -4.67. The van der Waals surface area contributed by atoms with Crippen LogP contribution in [0.5, 0.6) is 11.6 Å². The van der Waals surface area contributed by atoms with E-state index in [4.69, 9.17) is 9.47 Å². The molecule has 3 aliphatic heterocycles. The van der Waals surface area contributed by atoms with Crippen LogP contribution in [0.3, 0.4) is 0 Å². The molecule has 0 aliphatic carbocycles. The summed E-state index contributed by atoms with van der Waals surface area (Å²) in [5, 5.41) is 7.18. The molecule has 4 heterocycles. The van der Waals surface area contributed by atoms with E-state index < -0.39 is 24.8 Å². The van der Waals surface area contributed by atoms with E-state index in [1.165, 1.54) is 0 Å². The maximum atomic E-state index is 12.9. The Kier molecular flexibility index (Phi) is 6.54. The second kappa shape index (κ2) is 9.51. The van der Waals surface area contributed by atoms with Gasteiger partial charge < -0.3 is 14.8 Å². The Labute approximate surface area is 203 Å². The molecule has 1 aromatic heterocycles. The average Bonchev–Trinajstić information content (AvgIpc) is 3.34. The van der Waals surface area contributed by atoms with Crippen molar-refractivity contribution in [2.75, 3.05) is 32.8 Å². The van der Waals surface area contributed by atoms with Crippen molar-refractivity contribution in [3.63, 3.8) is 0 Å². The summed E-state index contributed by atoms with van der Waals surface area (Å²) in [6, 6.07) is 6.36. The Hall–Kier alpha value is -2.93. The van der Waals surface area contributed by atoms with E-state index in [1.807, 2.05) is 0 Å². The number of aromatic nitrogens is 2. The first kappa shape index (κ1) is 24.8. The molecule has 1 amide bonds. The van der Waals surface area contributed by atoms with E-state index in [-0.39, 0.29) is 44.0 Å². The number of nitrogens with one attached hydrogen (secondary N) is 1. The van der Waals surface area contributed by atoms with Crippen LogP contribution >= 0.6 is 0 Å². The lowest BCUT2D eigenvalue weighted by Crippen LogP contribution is -2.56. The number of hydrogen-bond donors (Lipinski definition) is 1. The minimum absolute atomic E-state index is 0.0928. The van der Waals surface area contributed by atoms with E-state index in [0.29, 0.717) is 43.1 Å². The molecule has 36 heavy (non-hydrogen) atoms. The van der Waals surface area contributed by atoms with Crippen LogP contribution in [-0.4, -0.2) is 77.9 Å². The van der Waals surface area contributed by atoms with Gasteiger partial charge in [0.25, 0.3) is 11.8 Å². The van der Waals surface area contributed by atoms with E-state index in [2.05, 4.69) is 15.2 Å². The molecule has 0 saturated carbocycles. The monoisotopic (exact) mass is 516 g/mol. The number of alkyl halides is 5. The summed E-state index contributed by atoms with van der Waals surface area (Å²) in [6.07, 6.45) is -3.71. The first-order valence-electron chi connectivity index (χ1n) is 11.6. The zero-order valence-electron chi connectivity index (χ0n) is 19.2. The van der Waals surface area contributed by atoms with Crippen molar-refractivity contribution in [2.45, 2.75) is 50.2 Å². The van der Waals surface area contributed by atoms with Gasteiger partial charge in [0.05, 0.1) is 32.3 Å². The van der Waals surface area contributed by atoms with Crippen molar-refractivity contribution in [2.24, 2.45) is 0 Å². The fourth-order valence-electron chi connectivity index (χ4n) is 4.62. The fraction of sp³-hybridized carbons (Fsp3) is 0.565. The van der Waals surface area contributed by atoms with Gasteiger partial charge in [-0.1, -0.05) is 12.1 Å². The van der Waals surface area contributed by atoms with Crippen molar-refractivity contribution < 1.29 is 41.0 Å². The van der Waals surface area contributed by atoms with Crippen LogP contribution in [0.15, 0.2) is 24.3 Å². The second-order valence-electron chi connectivity index (χ2n) is 9.32. The molecule has 0 spiro atoms. The summed E-state index contributed by atoms with van der Waals surface area (Å²) in [5.74, 6) is -1.91. The number of fused-ring (bicyclic) bond motifs is 2. The molecule has 1 aromatic carbocycles. The van der Waals surface area contributed by atoms with Crippen molar-refractivity contribution in [1.29, 1.82) is 0 Å². The first-order valence-corrected chi connectivity index (χ1v) is 11.6. The van der Waals surface area contributed by atoms with Gasteiger partial charge in [0.2, 0.25) is 5.88 Å². The molecule has 1 fully saturated rings. The number of amides is 1. The van der Waals surface area contributed by atoms with Crippen LogP contribution < -0.4 is 14.8 Å². The maximum absolute atomic E-state index is 12.9. The third-order valence-corrected chi connectivity index (χ3v) is 6.34. The van der Waals surface area contributed by atoms with Crippen molar-refractivity contribution >= 4 is 5.91 Å². The quantitative estimate of drug-likeness (QED) is 0.544. The van der Waals surface area contributed by atoms with Crippen LogP contribution in [0, 0.1) is 0 Å². The van der Waals surface area contributed by atoms with Gasteiger partial charge in [-0.2, -0.15) is 5.10 Å². The van der Waals surface area contributed by atoms with E-state index in [1.54, 1.807) is 33.8 Å². The SMILES string of the molecule is O=C(N[C@H]1COc2ccc(CCOC(F)(F)F)cc2C1)c1cc2n(n1)C[C@@H](CCN1CC(F)(F)C1)O2. The number of rotatable bonds is 8. The van der Waals surface area contributed by atoms with Gasteiger partial charge in [0.1, 0.15) is 18.5 Å². The summed E-state index contributed by atoms with van der Waals surface area (Å²) in [7, 11) is 0.